The number of carbonyl (C=O) groups is 3. The standard InChI is InChI=1S/C24H27N3O4/c1-17-15-19(25-12-9-20(28)10-13-25)5-8-22(17)26-14-11-23(29)27(24(26)30)16-18-3-6-21(31-2)7-4-18/h3-8,15H,9-14,16H2,1-2H3. The first-order valence-corrected chi connectivity index (χ1v) is 10.6. The van der Waals surface area contributed by atoms with Gasteiger partial charge in [0.1, 0.15) is 11.5 Å². The van der Waals surface area contributed by atoms with Crippen molar-refractivity contribution in [2.45, 2.75) is 32.7 Å². The highest BCUT2D eigenvalue weighted by Gasteiger charge is 2.33. The number of rotatable bonds is 5. The van der Waals surface area contributed by atoms with Gasteiger partial charge < -0.3 is 9.64 Å². The number of ether oxygens (including phenoxy) is 1. The van der Waals surface area contributed by atoms with Gasteiger partial charge in [-0.25, -0.2) is 4.79 Å². The number of hydrogen-bond donors (Lipinski definition) is 0. The van der Waals surface area contributed by atoms with Crippen LogP contribution in [-0.4, -0.2) is 49.4 Å². The molecule has 2 aromatic carbocycles. The van der Waals surface area contributed by atoms with Crippen LogP contribution in [0.5, 0.6) is 5.75 Å². The number of benzene rings is 2. The SMILES string of the molecule is COc1ccc(CN2C(=O)CCN(c3ccc(N4CCC(=O)CC4)cc3C)C2=O)cc1. The number of imide groups is 1. The molecule has 2 aromatic rings. The van der Waals surface area contributed by atoms with Crippen LogP contribution in [0.1, 0.15) is 30.4 Å². The number of aryl methyl sites for hydroxylation is 1. The van der Waals surface area contributed by atoms with Crippen LogP contribution in [0.4, 0.5) is 16.2 Å². The number of carbonyl (C=O) groups excluding carboxylic acids is 3. The number of amides is 3. The van der Waals surface area contributed by atoms with Gasteiger partial charge in [0.2, 0.25) is 5.91 Å². The summed E-state index contributed by atoms with van der Waals surface area (Å²) in [5.41, 5.74) is 3.72. The van der Waals surface area contributed by atoms with Gasteiger partial charge in [-0.05, 0) is 48.4 Å². The molecule has 0 N–H and O–H groups in total. The molecule has 0 bridgehead atoms. The number of ketones is 1. The van der Waals surface area contributed by atoms with Crippen molar-refractivity contribution in [1.82, 2.24) is 4.90 Å². The lowest BCUT2D eigenvalue weighted by Crippen LogP contribution is -2.52. The smallest absolute Gasteiger partial charge is 0.331 e. The second-order valence-corrected chi connectivity index (χ2v) is 8.01. The molecule has 0 saturated carbocycles. The van der Waals surface area contributed by atoms with E-state index in [0.717, 1.165) is 41.3 Å². The minimum absolute atomic E-state index is 0.163. The molecule has 0 aliphatic carbocycles. The van der Waals surface area contributed by atoms with Crippen molar-refractivity contribution >= 4 is 29.1 Å². The fraction of sp³-hybridized carbons (Fsp3) is 0.375. The van der Waals surface area contributed by atoms with Gasteiger partial charge in [0.25, 0.3) is 0 Å². The lowest BCUT2D eigenvalue weighted by Gasteiger charge is -2.35. The predicted octanol–water partition coefficient (Wildman–Crippen LogP) is 3.53. The Morgan fingerprint density at radius 3 is 2.26 bits per heavy atom. The van der Waals surface area contributed by atoms with E-state index in [4.69, 9.17) is 4.74 Å². The van der Waals surface area contributed by atoms with E-state index in [1.165, 1.54) is 4.90 Å². The van der Waals surface area contributed by atoms with Crippen molar-refractivity contribution in [3.05, 3.63) is 53.6 Å². The second-order valence-electron chi connectivity index (χ2n) is 8.01. The van der Waals surface area contributed by atoms with Gasteiger partial charge >= 0.3 is 6.03 Å². The molecule has 0 atom stereocenters. The highest BCUT2D eigenvalue weighted by molar-refractivity contribution is 6.06. The van der Waals surface area contributed by atoms with Crippen molar-refractivity contribution in [2.75, 3.05) is 36.5 Å². The average molecular weight is 421 g/mol. The van der Waals surface area contributed by atoms with Gasteiger partial charge in [0.05, 0.1) is 13.7 Å². The van der Waals surface area contributed by atoms with E-state index < -0.39 is 0 Å². The number of Topliss-reactive ketones (excluding diaryl/α,β-unsaturated/α-hetero) is 1. The Morgan fingerprint density at radius 2 is 1.61 bits per heavy atom. The van der Waals surface area contributed by atoms with Crippen LogP contribution >= 0.6 is 0 Å². The van der Waals surface area contributed by atoms with Crippen LogP contribution < -0.4 is 14.5 Å². The Labute approximate surface area is 182 Å². The molecule has 7 heteroatoms. The number of piperidine rings is 1. The fourth-order valence-corrected chi connectivity index (χ4v) is 4.14. The third-order valence-corrected chi connectivity index (χ3v) is 5.97. The largest absolute Gasteiger partial charge is 0.497 e. The number of hydrogen-bond acceptors (Lipinski definition) is 5. The third-order valence-electron chi connectivity index (χ3n) is 5.97. The maximum atomic E-state index is 13.2. The number of anilines is 2. The molecule has 2 heterocycles. The molecule has 0 spiro atoms. The lowest BCUT2D eigenvalue weighted by molar-refractivity contribution is -0.129. The molecule has 2 aliphatic heterocycles. The first kappa shape index (κ1) is 20.9. The zero-order valence-electron chi connectivity index (χ0n) is 18.0. The summed E-state index contributed by atoms with van der Waals surface area (Å²) >= 11 is 0. The summed E-state index contributed by atoms with van der Waals surface area (Å²) in [4.78, 5) is 42.4. The summed E-state index contributed by atoms with van der Waals surface area (Å²) in [6.45, 7) is 4.03. The monoisotopic (exact) mass is 421 g/mol. The van der Waals surface area contributed by atoms with Crippen LogP contribution in [0.15, 0.2) is 42.5 Å². The van der Waals surface area contributed by atoms with E-state index in [1.54, 1.807) is 12.0 Å². The van der Waals surface area contributed by atoms with Gasteiger partial charge in [-0.2, -0.15) is 0 Å². The Morgan fingerprint density at radius 1 is 0.903 bits per heavy atom. The fourth-order valence-electron chi connectivity index (χ4n) is 4.14. The molecule has 2 aliphatic rings. The normalized spacial score (nSPS) is 17.4. The Balaban J connectivity index is 1.51. The summed E-state index contributed by atoms with van der Waals surface area (Å²) in [5.74, 6) is 0.880. The van der Waals surface area contributed by atoms with Crippen molar-refractivity contribution in [1.29, 1.82) is 0 Å². The van der Waals surface area contributed by atoms with Crippen molar-refractivity contribution < 1.29 is 19.1 Å². The molecular formula is C24H27N3O4. The molecule has 3 amide bonds. The average Bonchev–Trinajstić information content (AvgIpc) is 2.78. The summed E-state index contributed by atoms with van der Waals surface area (Å²) in [6.07, 6.45) is 1.44. The predicted molar refractivity (Wildman–Crippen MR) is 119 cm³/mol. The zero-order valence-corrected chi connectivity index (χ0v) is 18.0. The first-order chi connectivity index (χ1) is 15.0. The van der Waals surface area contributed by atoms with Crippen molar-refractivity contribution in [3.63, 3.8) is 0 Å². The zero-order chi connectivity index (χ0) is 22.0. The van der Waals surface area contributed by atoms with E-state index in [9.17, 15) is 14.4 Å². The summed E-state index contributed by atoms with van der Waals surface area (Å²) in [6, 6.07) is 13.1. The van der Waals surface area contributed by atoms with Gasteiger partial charge in [-0.15, -0.1) is 0 Å². The van der Waals surface area contributed by atoms with Crippen molar-refractivity contribution in [3.8, 4) is 5.75 Å². The Kier molecular flexibility index (Phi) is 5.93. The van der Waals surface area contributed by atoms with Crippen LogP contribution in [0.25, 0.3) is 0 Å². The molecule has 7 nitrogen and oxygen atoms in total. The van der Waals surface area contributed by atoms with Crippen LogP contribution in [0.3, 0.4) is 0 Å². The summed E-state index contributed by atoms with van der Waals surface area (Å²) < 4.78 is 5.17. The molecule has 2 saturated heterocycles. The quantitative estimate of drug-likeness (QED) is 0.739. The highest BCUT2D eigenvalue weighted by Crippen LogP contribution is 2.30. The Bertz CT molecular complexity index is 992. The van der Waals surface area contributed by atoms with E-state index in [0.29, 0.717) is 25.2 Å². The summed E-state index contributed by atoms with van der Waals surface area (Å²) in [7, 11) is 1.60. The van der Waals surface area contributed by atoms with Crippen LogP contribution in [0.2, 0.25) is 0 Å². The van der Waals surface area contributed by atoms with E-state index in [-0.39, 0.29) is 24.9 Å². The van der Waals surface area contributed by atoms with E-state index >= 15 is 0 Å². The molecule has 162 valence electrons. The molecule has 2 fully saturated rings. The van der Waals surface area contributed by atoms with E-state index in [2.05, 4.69) is 11.0 Å². The maximum absolute atomic E-state index is 13.2. The molecular weight excluding hydrogens is 394 g/mol. The van der Waals surface area contributed by atoms with Crippen molar-refractivity contribution in [2.24, 2.45) is 0 Å². The van der Waals surface area contributed by atoms with Gasteiger partial charge in [-0.3, -0.25) is 19.4 Å². The molecule has 0 radical (unpaired) electrons. The second kappa shape index (κ2) is 8.79. The summed E-state index contributed by atoms with van der Waals surface area (Å²) in [5, 5.41) is 0. The van der Waals surface area contributed by atoms with E-state index in [1.807, 2.05) is 43.3 Å². The number of methoxy groups -OCH3 is 1. The van der Waals surface area contributed by atoms with Crippen LogP contribution in [-0.2, 0) is 16.1 Å². The third kappa shape index (κ3) is 4.40. The minimum Gasteiger partial charge on any atom is -0.497 e. The Hall–Kier alpha value is -3.35. The number of nitrogens with zero attached hydrogens (tertiary/aromatic N) is 3. The molecule has 0 aromatic heterocycles. The number of urea groups is 1. The van der Waals surface area contributed by atoms with Gasteiger partial charge in [-0.1, -0.05) is 12.1 Å². The van der Waals surface area contributed by atoms with Gasteiger partial charge in [0.15, 0.2) is 0 Å². The maximum Gasteiger partial charge on any atom is 0.331 e. The molecule has 4 rings (SSSR count). The van der Waals surface area contributed by atoms with Gasteiger partial charge in [0, 0.05) is 50.3 Å². The highest BCUT2D eigenvalue weighted by atomic mass is 16.5. The minimum atomic E-state index is -0.300. The topological polar surface area (TPSA) is 70.2 Å². The lowest BCUT2D eigenvalue weighted by atomic mass is 10.1. The molecule has 0 unspecified atom stereocenters. The first-order valence-electron chi connectivity index (χ1n) is 10.6. The molecule has 31 heavy (non-hydrogen) atoms. The van der Waals surface area contributed by atoms with Crippen LogP contribution in [0, 0.1) is 6.92 Å².